The molecule has 30 heavy (non-hydrogen) atoms. The molecule has 4 nitrogen and oxygen atoms in total. The van der Waals surface area contributed by atoms with Crippen LogP contribution in [-0.2, 0) is 9.59 Å². The van der Waals surface area contributed by atoms with Crippen LogP contribution in [0.5, 0.6) is 0 Å². The highest BCUT2D eigenvalue weighted by Crippen LogP contribution is 2.65. The molecule has 2 amide bonds. The average Bonchev–Trinajstić information content (AvgIpc) is 3.02. The fraction of sp³-hybridized carbons (Fsp3) is 0.923. The minimum absolute atomic E-state index is 0.259. The molecule has 1 heterocycles. The Bertz CT molecular complexity index is 685. The van der Waals surface area contributed by atoms with Gasteiger partial charge in [-0.15, -0.1) is 0 Å². The first-order valence-corrected chi connectivity index (χ1v) is 12.5. The molecule has 7 atom stereocenters. The Morgan fingerprint density at radius 3 is 2.40 bits per heavy atom. The second-order valence-corrected chi connectivity index (χ2v) is 12.8. The van der Waals surface area contributed by atoms with E-state index in [1.807, 2.05) is 7.05 Å². The second kappa shape index (κ2) is 7.52. The summed E-state index contributed by atoms with van der Waals surface area (Å²) in [4.78, 5) is 28.7. The molecule has 4 fully saturated rings. The van der Waals surface area contributed by atoms with Crippen molar-refractivity contribution in [2.24, 2.45) is 34.0 Å². The summed E-state index contributed by atoms with van der Waals surface area (Å²) in [5, 5.41) is 0. The van der Waals surface area contributed by atoms with Crippen LogP contribution >= 0.6 is 0 Å². The van der Waals surface area contributed by atoms with Gasteiger partial charge in [-0.05, 0) is 85.4 Å². The van der Waals surface area contributed by atoms with Gasteiger partial charge >= 0.3 is 0 Å². The van der Waals surface area contributed by atoms with Crippen LogP contribution in [0, 0.1) is 34.0 Å². The summed E-state index contributed by atoms with van der Waals surface area (Å²) in [7, 11) is 2.04. The molecule has 0 bridgehead atoms. The second-order valence-electron chi connectivity index (χ2n) is 12.8. The van der Waals surface area contributed by atoms with Crippen molar-refractivity contribution in [3.63, 3.8) is 0 Å². The van der Waals surface area contributed by atoms with E-state index in [4.69, 9.17) is 0 Å². The number of likely N-dealkylation sites (tertiary alicyclic amines) is 1. The van der Waals surface area contributed by atoms with Gasteiger partial charge in [0.05, 0.1) is 0 Å². The molecular weight excluding hydrogens is 372 g/mol. The lowest BCUT2D eigenvalue weighted by Crippen LogP contribution is -2.62. The Labute approximate surface area is 184 Å². The quantitative estimate of drug-likeness (QED) is 0.597. The van der Waals surface area contributed by atoms with E-state index in [0.29, 0.717) is 18.0 Å². The summed E-state index contributed by atoms with van der Waals surface area (Å²) in [5.74, 6) is 2.59. The van der Waals surface area contributed by atoms with Crippen LogP contribution in [0.4, 0.5) is 0 Å². The maximum absolute atomic E-state index is 12.4. The van der Waals surface area contributed by atoms with Crippen molar-refractivity contribution in [2.75, 3.05) is 13.6 Å². The molecule has 0 N–H and O–H groups in total. The van der Waals surface area contributed by atoms with Gasteiger partial charge in [0.25, 0.3) is 0 Å². The average molecular weight is 417 g/mol. The lowest BCUT2D eigenvalue weighted by molar-refractivity contribution is -0.159. The van der Waals surface area contributed by atoms with Crippen molar-refractivity contribution in [3.05, 3.63) is 0 Å². The van der Waals surface area contributed by atoms with Gasteiger partial charge in [0, 0.05) is 32.1 Å². The molecule has 0 aromatic rings. The van der Waals surface area contributed by atoms with Crippen molar-refractivity contribution in [1.82, 2.24) is 9.80 Å². The van der Waals surface area contributed by atoms with Crippen molar-refractivity contribution < 1.29 is 9.59 Å². The number of piperidine rings is 1. The van der Waals surface area contributed by atoms with Crippen LogP contribution in [-0.4, -0.2) is 47.8 Å². The largest absolute Gasteiger partial charge is 0.342 e. The normalized spacial score (nSPS) is 43.6. The zero-order valence-electron chi connectivity index (χ0n) is 20.2. The molecule has 3 aliphatic carbocycles. The number of carbonyl (C=O) groups is 2. The molecule has 170 valence electrons. The van der Waals surface area contributed by atoms with Gasteiger partial charge in [-0.2, -0.15) is 0 Å². The molecular formula is C26H44N2O2. The number of hydrogen-bond donors (Lipinski definition) is 0. The Hall–Kier alpha value is -1.06. The summed E-state index contributed by atoms with van der Waals surface area (Å²) >= 11 is 0. The van der Waals surface area contributed by atoms with Crippen molar-refractivity contribution in [1.29, 1.82) is 0 Å². The van der Waals surface area contributed by atoms with Crippen molar-refractivity contribution >= 4 is 12.3 Å². The zero-order chi connectivity index (χ0) is 21.9. The summed E-state index contributed by atoms with van der Waals surface area (Å²) in [5.41, 5.74) is 0.802. The third-order valence-electron chi connectivity index (χ3n) is 10.2. The maximum Gasteiger partial charge on any atom is 0.222 e. The summed E-state index contributed by atoms with van der Waals surface area (Å²) < 4.78 is 0. The van der Waals surface area contributed by atoms with Crippen molar-refractivity contribution in [2.45, 2.75) is 104 Å². The fourth-order valence-corrected chi connectivity index (χ4v) is 8.41. The number of carbonyl (C=O) groups excluding carboxylic acids is 2. The zero-order valence-corrected chi connectivity index (χ0v) is 20.2. The summed E-state index contributed by atoms with van der Waals surface area (Å²) in [6.07, 6.45) is 11.4. The van der Waals surface area contributed by atoms with Crippen LogP contribution in [0.15, 0.2) is 0 Å². The maximum atomic E-state index is 12.4. The van der Waals surface area contributed by atoms with E-state index < -0.39 is 0 Å². The Morgan fingerprint density at radius 1 is 1.03 bits per heavy atom. The lowest BCUT2D eigenvalue weighted by Gasteiger charge is -2.62. The third-order valence-corrected chi connectivity index (χ3v) is 10.2. The van der Waals surface area contributed by atoms with Gasteiger partial charge in [0.2, 0.25) is 12.3 Å². The van der Waals surface area contributed by atoms with E-state index in [9.17, 15) is 9.59 Å². The molecule has 3 saturated carbocycles. The fourth-order valence-electron chi connectivity index (χ4n) is 8.41. The Morgan fingerprint density at radius 2 is 1.73 bits per heavy atom. The van der Waals surface area contributed by atoms with E-state index in [-0.39, 0.29) is 16.2 Å². The highest BCUT2D eigenvalue weighted by Gasteiger charge is 2.61. The van der Waals surface area contributed by atoms with Crippen LogP contribution in [0.25, 0.3) is 0 Å². The third kappa shape index (κ3) is 3.41. The van der Waals surface area contributed by atoms with E-state index >= 15 is 0 Å². The van der Waals surface area contributed by atoms with Gasteiger partial charge in [-0.1, -0.05) is 34.6 Å². The van der Waals surface area contributed by atoms with Crippen LogP contribution in [0.3, 0.4) is 0 Å². The number of rotatable bonds is 4. The first-order valence-electron chi connectivity index (χ1n) is 12.5. The predicted octanol–water partition coefficient (Wildman–Crippen LogP) is 5.11. The van der Waals surface area contributed by atoms with Gasteiger partial charge in [-0.25, -0.2) is 0 Å². The van der Waals surface area contributed by atoms with E-state index in [0.717, 1.165) is 50.0 Å². The number of amides is 2. The molecule has 4 heteroatoms. The highest BCUT2D eigenvalue weighted by atomic mass is 16.2. The molecule has 0 aromatic heterocycles. The van der Waals surface area contributed by atoms with E-state index in [1.165, 1.54) is 38.5 Å². The van der Waals surface area contributed by atoms with Gasteiger partial charge in [0.15, 0.2) is 0 Å². The SMILES string of the molecule is CN1C(=O)CC[C@]2(C)[C@H]3CC[C@]4(C)[C@@H](N(C=O)CCC(C)(C)C)CC[C@H]4[C@@H]3CC[C@@H]12. The number of nitrogens with zero attached hydrogens (tertiary/aromatic N) is 2. The van der Waals surface area contributed by atoms with Gasteiger partial charge < -0.3 is 9.80 Å². The first-order chi connectivity index (χ1) is 14.0. The molecule has 1 saturated heterocycles. The van der Waals surface area contributed by atoms with Gasteiger partial charge in [-0.3, -0.25) is 9.59 Å². The van der Waals surface area contributed by atoms with Crippen molar-refractivity contribution in [3.8, 4) is 0 Å². The summed E-state index contributed by atoms with van der Waals surface area (Å²) in [6.45, 7) is 12.7. The first kappa shape index (κ1) is 22.1. The monoisotopic (exact) mass is 416 g/mol. The number of hydrogen-bond acceptors (Lipinski definition) is 2. The lowest BCUT2D eigenvalue weighted by atomic mass is 9.47. The minimum atomic E-state index is 0.259. The van der Waals surface area contributed by atoms with Crippen LogP contribution in [0.2, 0.25) is 0 Å². The Kier molecular flexibility index (Phi) is 5.55. The molecule has 0 radical (unpaired) electrons. The van der Waals surface area contributed by atoms with E-state index in [2.05, 4.69) is 44.4 Å². The standard InChI is InChI=1S/C26H44N2O2/c1-24(2,3)15-16-28(17-29)22-10-8-19-18-7-9-21-25(4,14-12-23(30)27(21)6)20(18)11-13-26(19,22)5/h17-22H,7-16H2,1-6H3/t18-,19-,20-,21+,22-,25+,26-/m0/s1. The molecule has 0 spiro atoms. The van der Waals surface area contributed by atoms with E-state index in [1.54, 1.807) is 0 Å². The van der Waals surface area contributed by atoms with Crippen LogP contribution in [0.1, 0.15) is 92.4 Å². The molecule has 4 rings (SSSR count). The minimum Gasteiger partial charge on any atom is -0.342 e. The molecule has 4 aliphatic rings. The smallest absolute Gasteiger partial charge is 0.222 e. The molecule has 0 unspecified atom stereocenters. The van der Waals surface area contributed by atoms with Crippen LogP contribution < -0.4 is 0 Å². The topological polar surface area (TPSA) is 40.6 Å². The molecule has 1 aliphatic heterocycles. The van der Waals surface area contributed by atoms with Gasteiger partial charge in [0.1, 0.15) is 0 Å². The summed E-state index contributed by atoms with van der Waals surface area (Å²) in [6, 6.07) is 0.837. The predicted molar refractivity (Wildman–Crippen MR) is 121 cm³/mol. The molecule has 0 aromatic carbocycles. The highest BCUT2D eigenvalue weighted by molar-refractivity contribution is 5.77. The number of fused-ring (bicyclic) bond motifs is 5. The Balaban J connectivity index is 1.54.